The number of hydrogen-bond donors (Lipinski definition) is 1. The number of rotatable bonds is 6. The maximum Gasteiger partial charge on any atom is 0.255 e. The average Bonchev–Trinajstić information content (AvgIpc) is 2.45. The SMILES string of the molecule is CCNc1nc(C)c2cc(C)c(=O)n(CCCOC)c2n1. The summed E-state index contributed by atoms with van der Waals surface area (Å²) in [5, 5.41) is 4.03. The summed E-state index contributed by atoms with van der Waals surface area (Å²) >= 11 is 0. The van der Waals surface area contributed by atoms with Crippen LogP contribution in [0, 0.1) is 13.8 Å². The lowest BCUT2D eigenvalue weighted by molar-refractivity contribution is 0.190. The van der Waals surface area contributed by atoms with E-state index in [0.717, 1.165) is 24.0 Å². The predicted octanol–water partition coefficient (Wildman–Crippen LogP) is 1.88. The van der Waals surface area contributed by atoms with Crippen molar-refractivity contribution in [2.24, 2.45) is 0 Å². The number of anilines is 1. The van der Waals surface area contributed by atoms with Crippen LogP contribution in [0.5, 0.6) is 0 Å². The fourth-order valence-corrected chi connectivity index (χ4v) is 2.34. The largest absolute Gasteiger partial charge is 0.385 e. The van der Waals surface area contributed by atoms with Crippen LogP contribution in [0.25, 0.3) is 11.0 Å². The lowest BCUT2D eigenvalue weighted by atomic mass is 10.2. The summed E-state index contributed by atoms with van der Waals surface area (Å²) in [5.74, 6) is 0.561. The molecule has 0 unspecified atom stereocenters. The van der Waals surface area contributed by atoms with Gasteiger partial charge < -0.3 is 10.1 Å². The zero-order valence-electron chi connectivity index (χ0n) is 13.1. The minimum absolute atomic E-state index is 0.000786. The Balaban J connectivity index is 2.61. The summed E-state index contributed by atoms with van der Waals surface area (Å²) in [6.45, 7) is 7.70. The molecule has 114 valence electrons. The van der Waals surface area contributed by atoms with Gasteiger partial charge in [-0.25, -0.2) is 4.98 Å². The Bertz CT molecular complexity index is 694. The molecule has 21 heavy (non-hydrogen) atoms. The van der Waals surface area contributed by atoms with Gasteiger partial charge >= 0.3 is 0 Å². The third-order valence-electron chi connectivity index (χ3n) is 3.38. The molecule has 0 radical (unpaired) electrons. The van der Waals surface area contributed by atoms with Crippen molar-refractivity contribution < 1.29 is 4.74 Å². The first kappa shape index (κ1) is 15.4. The van der Waals surface area contributed by atoms with Crippen molar-refractivity contribution in [3.8, 4) is 0 Å². The Morgan fingerprint density at radius 2 is 2.10 bits per heavy atom. The molecule has 6 heteroatoms. The van der Waals surface area contributed by atoms with Crippen LogP contribution in [0.1, 0.15) is 24.6 Å². The van der Waals surface area contributed by atoms with Crippen molar-refractivity contribution in [1.29, 1.82) is 0 Å². The molecule has 1 N–H and O–H groups in total. The van der Waals surface area contributed by atoms with E-state index in [4.69, 9.17) is 4.74 Å². The van der Waals surface area contributed by atoms with E-state index >= 15 is 0 Å². The van der Waals surface area contributed by atoms with Crippen molar-refractivity contribution in [3.05, 3.63) is 27.7 Å². The van der Waals surface area contributed by atoms with Crippen molar-refractivity contribution in [1.82, 2.24) is 14.5 Å². The minimum atomic E-state index is -0.000786. The first-order valence-corrected chi connectivity index (χ1v) is 7.20. The molecule has 2 rings (SSSR count). The molecule has 0 aliphatic carbocycles. The van der Waals surface area contributed by atoms with E-state index in [2.05, 4.69) is 15.3 Å². The average molecular weight is 290 g/mol. The van der Waals surface area contributed by atoms with Gasteiger partial charge in [0.15, 0.2) is 0 Å². The highest BCUT2D eigenvalue weighted by Gasteiger charge is 2.12. The number of pyridine rings is 1. The van der Waals surface area contributed by atoms with E-state index in [1.807, 2.05) is 26.8 Å². The highest BCUT2D eigenvalue weighted by atomic mass is 16.5. The first-order chi connectivity index (χ1) is 10.1. The van der Waals surface area contributed by atoms with Crippen LogP contribution in [0.4, 0.5) is 5.95 Å². The van der Waals surface area contributed by atoms with Gasteiger partial charge in [0.25, 0.3) is 5.56 Å². The minimum Gasteiger partial charge on any atom is -0.385 e. The highest BCUT2D eigenvalue weighted by molar-refractivity contribution is 5.79. The van der Waals surface area contributed by atoms with Gasteiger partial charge in [0.2, 0.25) is 5.95 Å². The van der Waals surface area contributed by atoms with Crippen LogP contribution >= 0.6 is 0 Å². The third kappa shape index (κ3) is 3.21. The van der Waals surface area contributed by atoms with E-state index in [9.17, 15) is 4.79 Å². The molecule has 6 nitrogen and oxygen atoms in total. The number of nitrogens with one attached hydrogen (secondary N) is 1. The van der Waals surface area contributed by atoms with Gasteiger partial charge in [-0.1, -0.05) is 0 Å². The molecule has 0 spiro atoms. The van der Waals surface area contributed by atoms with Crippen LogP contribution in [0.3, 0.4) is 0 Å². The van der Waals surface area contributed by atoms with Gasteiger partial charge in [0, 0.05) is 37.8 Å². The topological polar surface area (TPSA) is 69.0 Å². The highest BCUT2D eigenvalue weighted by Crippen LogP contribution is 2.17. The quantitative estimate of drug-likeness (QED) is 0.823. The van der Waals surface area contributed by atoms with E-state index in [0.29, 0.717) is 30.3 Å². The normalized spacial score (nSPS) is 11.0. The molecule has 0 saturated heterocycles. The Morgan fingerprint density at radius 1 is 1.33 bits per heavy atom. The lowest BCUT2D eigenvalue weighted by Crippen LogP contribution is -2.24. The number of fused-ring (bicyclic) bond motifs is 1. The zero-order valence-corrected chi connectivity index (χ0v) is 13.1. The molecule has 0 amide bonds. The molecule has 2 aromatic heterocycles. The van der Waals surface area contributed by atoms with Crippen LogP contribution in [-0.2, 0) is 11.3 Å². The Kier molecular flexibility index (Phi) is 4.90. The molecule has 0 bridgehead atoms. The Labute approximate surface area is 124 Å². The van der Waals surface area contributed by atoms with Crippen LogP contribution < -0.4 is 10.9 Å². The number of aromatic nitrogens is 3. The molecule has 0 aliphatic heterocycles. The molecule has 0 fully saturated rings. The first-order valence-electron chi connectivity index (χ1n) is 7.20. The van der Waals surface area contributed by atoms with Crippen LogP contribution in [-0.4, -0.2) is 34.8 Å². The van der Waals surface area contributed by atoms with Gasteiger partial charge in [0.1, 0.15) is 5.65 Å². The van der Waals surface area contributed by atoms with Gasteiger partial charge in [-0.05, 0) is 33.3 Å². The van der Waals surface area contributed by atoms with Gasteiger partial charge in [-0.2, -0.15) is 4.98 Å². The fraction of sp³-hybridized carbons (Fsp3) is 0.533. The van der Waals surface area contributed by atoms with Gasteiger partial charge in [0.05, 0.1) is 5.69 Å². The molecule has 0 aliphatic rings. The number of nitrogens with zero attached hydrogens (tertiary/aromatic N) is 3. The number of ether oxygens (including phenoxy) is 1. The van der Waals surface area contributed by atoms with E-state index in [1.165, 1.54) is 0 Å². The lowest BCUT2D eigenvalue weighted by Gasteiger charge is -2.13. The van der Waals surface area contributed by atoms with Gasteiger partial charge in [-0.3, -0.25) is 9.36 Å². The molecule has 0 saturated carbocycles. The molecule has 0 atom stereocenters. The predicted molar refractivity (Wildman–Crippen MR) is 83.9 cm³/mol. The number of hydrogen-bond acceptors (Lipinski definition) is 5. The summed E-state index contributed by atoms with van der Waals surface area (Å²) in [5.41, 5.74) is 2.27. The maximum atomic E-state index is 12.4. The summed E-state index contributed by atoms with van der Waals surface area (Å²) in [4.78, 5) is 21.3. The molecular formula is C15H22N4O2. The second-order valence-corrected chi connectivity index (χ2v) is 5.03. The van der Waals surface area contributed by atoms with Crippen molar-refractivity contribution >= 4 is 17.0 Å². The number of methoxy groups -OCH3 is 1. The van der Waals surface area contributed by atoms with E-state index < -0.39 is 0 Å². The molecule has 2 aromatic rings. The standard InChI is InChI=1S/C15H22N4O2/c1-5-16-15-17-11(3)12-9-10(2)14(20)19(13(12)18-15)7-6-8-21-4/h9H,5-8H2,1-4H3,(H,16,17,18). The maximum absolute atomic E-state index is 12.4. The summed E-state index contributed by atoms with van der Waals surface area (Å²) in [6, 6.07) is 1.87. The van der Waals surface area contributed by atoms with E-state index in [1.54, 1.807) is 11.7 Å². The summed E-state index contributed by atoms with van der Waals surface area (Å²) in [6.07, 6.45) is 0.772. The van der Waals surface area contributed by atoms with Crippen molar-refractivity contribution in [2.75, 3.05) is 25.6 Å². The third-order valence-corrected chi connectivity index (χ3v) is 3.38. The van der Waals surface area contributed by atoms with E-state index in [-0.39, 0.29) is 5.56 Å². The summed E-state index contributed by atoms with van der Waals surface area (Å²) < 4.78 is 6.79. The Morgan fingerprint density at radius 3 is 2.76 bits per heavy atom. The summed E-state index contributed by atoms with van der Waals surface area (Å²) in [7, 11) is 1.66. The molecule has 0 aromatic carbocycles. The fourth-order valence-electron chi connectivity index (χ4n) is 2.34. The van der Waals surface area contributed by atoms with Crippen LogP contribution in [0.15, 0.2) is 10.9 Å². The molecular weight excluding hydrogens is 268 g/mol. The zero-order chi connectivity index (χ0) is 15.4. The smallest absolute Gasteiger partial charge is 0.255 e. The second-order valence-electron chi connectivity index (χ2n) is 5.03. The van der Waals surface area contributed by atoms with Gasteiger partial charge in [-0.15, -0.1) is 0 Å². The molecule has 2 heterocycles. The van der Waals surface area contributed by atoms with Crippen molar-refractivity contribution in [3.63, 3.8) is 0 Å². The Hall–Kier alpha value is -1.95. The van der Waals surface area contributed by atoms with Crippen molar-refractivity contribution in [2.45, 2.75) is 33.7 Å². The second kappa shape index (κ2) is 6.67. The number of aryl methyl sites for hydroxylation is 3. The van der Waals surface area contributed by atoms with Crippen LogP contribution in [0.2, 0.25) is 0 Å². The monoisotopic (exact) mass is 290 g/mol.